The summed E-state index contributed by atoms with van der Waals surface area (Å²) in [4.78, 5) is 16.7. The zero-order valence-corrected chi connectivity index (χ0v) is 12.0. The average Bonchev–Trinajstić information content (AvgIpc) is 2.82. The Labute approximate surface area is 116 Å². The number of carbonyl (C=O) groups is 1. The van der Waals surface area contributed by atoms with Gasteiger partial charge in [0.1, 0.15) is 0 Å². The van der Waals surface area contributed by atoms with Crippen molar-refractivity contribution in [1.82, 2.24) is 9.80 Å². The van der Waals surface area contributed by atoms with Crippen LogP contribution in [0.4, 0.5) is 0 Å². The fourth-order valence-corrected chi connectivity index (χ4v) is 2.77. The zero-order chi connectivity index (χ0) is 13.7. The van der Waals surface area contributed by atoms with Gasteiger partial charge >= 0.3 is 0 Å². The third-order valence-corrected chi connectivity index (χ3v) is 3.88. The Kier molecular flexibility index (Phi) is 5.11. The van der Waals surface area contributed by atoms with Gasteiger partial charge in [-0.3, -0.25) is 4.79 Å². The summed E-state index contributed by atoms with van der Waals surface area (Å²) in [6.07, 6.45) is 1.90. The van der Waals surface area contributed by atoms with Crippen LogP contribution < -0.4 is 0 Å². The van der Waals surface area contributed by atoms with Gasteiger partial charge in [0.2, 0.25) is 0 Å². The molecule has 1 heterocycles. The second-order valence-electron chi connectivity index (χ2n) is 5.72. The molecule has 3 heteroatoms. The van der Waals surface area contributed by atoms with Gasteiger partial charge in [-0.1, -0.05) is 30.3 Å². The highest BCUT2D eigenvalue weighted by atomic mass is 16.1. The molecule has 0 aromatic heterocycles. The maximum absolute atomic E-state index is 12.0. The molecule has 0 aliphatic carbocycles. The lowest BCUT2D eigenvalue weighted by atomic mass is 10.1. The number of benzene rings is 1. The first kappa shape index (κ1) is 14.2. The molecule has 104 valence electrons. The van der Waals surface area contributed by atoms with Gasteiger partial charge in [-0.2, -0.15) is 0 Å². The van der Waals surface area contributed by atoms with Crippen molar-refractivity contribution in [1.29, 1.82) is 0 Å². The molecule has 1 atom stereocenters. The number of nitrogens with zero attached hydrogens (tertiary/aromatic N) is 2. The number of hydrogen-bond acceptors (Lipinski definition) is 3. The smallest absolute Gasteiger partial charge is 0.164 e. The summed E-state index contributed by atoms with van der Waals surface area (Å²) in [6, 6.07) is 9.58. The van der Waals surface area contributed by atoms with Crippen molar-refractivity contribution in [3.63, 3.8) is 0 Å². The van der Waals surface area contributed by atoms with E-state index in [-0.39, 0.29) is 5.78 Å². The summed E-state index contributed by atoms with van der Waals surface area (Å²) in [5, 5.41) is 0. The molecular weight excluding hydrogens is 236 g/mol. The van der Waals surface area contributed by atoms with E-state index in [2.05, 4.69) is 23.9 Å². The van der Waals surface area contributed by atoms with E-state index in [1.807, 2.05) is 30.3 Å². The molecule has 0 bridgehead atoms. The van der Waals surface area contributed by atoms with Gasteiger partial charge in [0, 0.05) is 31.6 Å². The van der Waals surface area contributed by atoms with Gasteiger partial charge in [-0.05, 0) is 33.0 Å². The summed E-state index contributed by atoms with van der Waals surface area (Å²) in [5.41, 5.74) is 0.830. The normalized spacial score (nSPS) is 20.1. The van der Waals surface area contributed by atoms with Crippen molar-refractivity contribution in [2.24, 2.45) is 5.92 Å². The Hall–Kier alpha value is -1.19. The van der Waals surface area contributed by atoms with Crippen LogP contribution in [-0.4, -0.2) is 55.9 Å². The lowest BCUT2D eigenvalue weighted by Crippen LogP contribution is -2.29. The van der Waals surface area contributed by atoms with Crippen molar-refractivity contribution in [3.05, 3.63) is 35.9 Å². The van der Waals surface area contributed by atoms with Crippen molar-refractivity contribution < 1.29 is 4.79 Å². The summed E-state index contributed by atoms with van der Waals surface area (Å²) in [6.45, 7) is 4.36. The topological polar surface area (TPSA) is 23.6 Å². The minimum Gasteiger partial charge on any atom is -0.306 e. The predicted molar refractivity (Wildman–Crippen MR) is 78.5 cm³/mol. The first-order valence-electron chi connectivity index (χ1n) is 7.10. The average molecular weight is 260 g/mol. The molecule has 1 unspecified atom stereocenters. The quantitative estimate of drug-likeness (QED) is 0.732. The molecule has 1 aliphatic heterocycles. The van der Waals surface area contributed by atoms with Gasteiger partial charge in [0.15, 0.2) is 5.78 Å². The second kappa shape index (κ2) is 6.83. The lowest BCUT2D eigenvalue weighted by Gasteiger charge is -2.20. The van der Waals surface area contributed by atoms with Crippen LogP contribution in [0, 0.1) is 5.92 Å². The predicted octanol–water partition coefficient (Wildman–Crippen LogP) is 2.14. The summed E-state index contributed by atoms with van der Waals surface area (Å²) in [5.74, 6) is 1.01. The van der Waals surface area contributed by atoms with Crippen molar-refractivity contribution in [3.8, 4) is 0 Å². The maximum Gasteiger partial charge on any atom is 0.164 e. The molecular formula is C16H24N2O. The highest BCUT2D eigenvalue weighted by molar-refractivity contribution is 5.96. The molecule has 1 aromatic rings. The van der Waals surface area contributed by atoms with E-state index in [4.69, 9.17) is 0 Å². The van der Waals surface area contributed by atoms with Crippen molar-refractivity contribution >= 4 is 5.78 Å². The first-order chi connectivity index (χ1) is 9.15. The molecule has 3 nitrogen and oxygen atoms in total. The highest BCUT2D eigenvalue weighted by Crippen LogP contribution is 2.15. The monoisotopic (exact) mass is 260 g/mol. The van der Waals surface area contributed by atoms with E-state index in [1.165, 1.54) is 19.5 Å². The maximum atomic E-state index is 12.0. The van der Waals surface area contributed by atoms with Gasteiger partial charge in [0.05, 0.1) is 0 Å². The molecule has 0 spiro atoms. The van der Waals surface area contributed by atoms with Gasteiger partial charge in [-0.15, -0.1) is 0 Å². The largest absolute Gasteiger partial charge is 0.306 e. The number of likely N-dealkylation sites (tertiary alicyclic amines) is 1. The number of rotatable bonds is 6. The fourth-order valence-electron chi connectivity index (χ4n) is 2.77. The molecule has 19 heavy (non-hydrogen) atoms. The Morgan fingerprint density at radius 2 is 2.11 bits per heavy atom. The summed E-state index contributed by atoms with van der Waals surface area (Å²) in [7, 11) is 4.30. The number of ketones is 1. The fraction of sp³-hybridized carbons (Fsp3) is 0.562. The number of hydrogen-bond donors (Lipinski definition) is 0. The van der Waals surface area contributed by atoms with E-state index in [0.717, 1.165) is 24.6 Å². The highest BCUT2D eigenvalue weighted by Gasteiger charge is 2.20. The molecule has 0 amide bonds. The van der Waals surface area contributed by atoms with E-state index in [9.17, 15) is 4.79 Å². The molecule has 0 saturated carbocycles. The second-order valence-corrected chi connectivity index (χ2v) is 5.72. The molecule has 1 aromatic carbocycles. The van der Waals surface area contributed by atoms with Gasteiger partial charge in [0.25, 0.3) is 0 Å². The van der Waals surface area contributed by atoms with Crippen molar-refractivity contribution in [2.75, 3.05) is 40.3 Å². The van der Waals surface area contributed by atoms with Crippen molar-refractivity contribution in [2.45, 2.75) is 12.8 Å². The first-order valence-corrected chi connectivity index (χ1v) is 7.10. The lowest BCUT2D eigenvalue weighted by molar-refractivity contribution is 0.0966. The molecule has 0 radical (unpaired) electrons. The molecule has 1 fully saturated rings. The summed E-state index contributed by atoms with van der Waals surface area (Å²) >= 11 is 0. The van der Waals surface area contributed by atoms with Crippen LogP contribution in [0.1, 0.15) is 23.2 Å². The molecule has 0 N–H and O–H groups in total. The minimum absolute atomic E-state index is 0.246. The van der Waals surface area contributed by atoms with Crippen LogP contribution in [0.2, 0.25) is 0 Å². The van der Waals surface area contributed by atoms with E-state index in [0.29, 0.717) is 6.42 Å². The van der Waals surface area contributed by atoms with Crippen LogP contribution in [0.25, 0.3) is 0 Å². The standard InChI is InChI=1S/C16H24N2O/c1-17-10-8-14(12-17)13-18(2)11-9-16(19)15-6-4-3-5-7-15/h3-7,14H,8-13H2,1-2H3. The van der Waals surface area contributed by atoms with E-state index >= 15 is 0 Å². The minimum atomic E-state index is 0.246. The Balaban J connectivity index is 1.71. The third-order valence-electron chi connectivity index (χ3n) is 3.88. The summed E-state index contributed by atoms with van der Waals surface area (Å²) < 4.78 is 0. The van der Waals surface area contributed by atoms with Crippen LogP contribution in [0.3, 0.4) is 0 Å². The van der Waals surface area contributed by atoms with E-state index < -0.39 is 0 Å². The van der Waals surface area contributed by atoms with Crippen LogP contribution in [0.5, 0.6) is 0 Å². The van der Waals surface area contributed by atoms with E-state index in [1.54, 1.807) is 0 Å². The Morgan fingerprint density at radius 3 is 2.74 bits per heavy atom. The molecule has 2 rings (SSSR count). The SMILES string of the molecule is CN(CCC(=O)c1ccccc1)CC1CCN(C)C1. The third kappa shape index (κ3) is 4.44. The zero-order valence-electron chi connectivity index (χ0n) is 12.0. The van der Waals surface area contributed by atoms with Gasteiger partial charge in [-0.25, -0.2) is 0 Å². The Morgan fingerprint density at radius 1 is 1.37 bits per heavy atom. The van der Waals surface area contributed by atoms with Gasteiger partial charge < -0.3 is 9.80 Å². The molecule has 1 saturated heterocycles. The number of carbonyl (C=O) groups excluding carboxylic acids is 1. The number of Topliss-reactive ketones (excluding diaryl/α,β-unsaturated/α-hetero) is 1. The van der Waals surface area contributed by atoms with Crippen LogP contribution >= 0.6 is 0 Å². The van der Waals surface area contributed by atoms with Crippen LogP contribution in [0.15, 0.2) is 30.3 Å². The Bertz CT molecular complexity index is 404. The van der Waals surface area contributed by atoms with Crippen LogP contribution in [-0.2, 0) is 0 Å². The molecule has 1 aliphatic rings.